The first-order chi connectivity index (χ1) is 11.8. The van der Waals surface area contributed by atoms with Crippen molar-refractivity contribution < 1.29 is 9.32 Å². The minimum atomic E-state index is -0.278. The average Bonchev–Trinajstić information content (AvgIpc) is 3.24. The number of carbonyl (C=O) groups excluding carboxylic acids is 1. The number of hydrogen-bond acceptors (Lipinski definition) is 4. The van der Waals surface area contributed by atoms with Crippen molar-refractivity contribution >= 4 is 11.8 Å². The van der Waals surface area contributed by atoms with Gasteiger partial charge in [-0.05, 0) is 24.8 Å². The van der Waals surface area contributed by atoms with E-state index in [1.807, 2.05) is 36.5 Å². The van der Waals surface area contributed by atoms with E-state index in [1.165, 1.54) is 5.56 Å². The van der Waals surface area contributed by atoms with E-state index in [9.17, 15) is 4.79 Å². The van der Waals surface area contributed by atoms with Crippen molar-refractivity contribution in [2.45, 2.75) is 25.3 Å². The molecule has 0 spiro atoms. The number of H-pyrrole nitrogens is 1. The molecule has 4 rings (SSSR count). The van der Waals surface area contributed by atoms with Crippen molar-refractivity contribution in [3.8, 4) is 11.3 Å². The molecular weight excluding hydrogens is 306 g/mol. The summed E-state index contributed by atoms with van der Waals surface area (Å²) in [6.07, 6.45) is 4.39. The van der Waals surface area contributed by atoms with Crippen LogP contribution in [0.5, 0.6) is 0 Å². The van der Waals surface area contributed by atoms with E-state index < -0.39 is 0 Å². The molecule has 7 nitrogen and oxygen atoms in total. The second-order valence-electron chi connectivity index (χ2n) is 5.85. The molecule has 0 bridgehead atoms. The zero-order valence-corrected chi connectivity index (χ0v) is 13.0. The quantitative estimate of drug-likeness (QED) is 0.690. The van der Waals surface area contributed by atoms with Crippen LogP contribution in [-0.2, 0) is 12.8 Å². The number of benzene rings is 1. The highest BCUT2D eigenvalue weighted by Gasteiger charge is 2.21. The van der Waals surface area contributed by atoms with Gasteiger partial charge < -0.3 is 9.84 Å². The van der Waals surface area contributed by atoms with E-state index in [1.54, 1.807) is 6.07 Å². The third-order valence-electron chi connectivity index (χ3n) is 4.16. The molecule has 0 saturated carbocycles. The van der Waals surface area contributed by atoms with Gasteiger partial charge in [0.25, 0.3) is 0 Å². The minimum absolute atomic E-state index is 0.0931. The largest absolute Gasteiger partial charge is 0.354 e. The molecule has 2 heterocycles. The molecule has 0 aliphatic heterocycles. The van der Waals surface area contributed by atoms with Crippen molar-refractivity contribution in [3.05, 3.63) is 53.9 Å². The highest BCUT2D eigenvalue weighted by molar-refractivity contribution is 5.88. The Bertz CT molecular complexity index is 840. The first-order valence-electron chi connectivity index (χ1n) is 7.89. The lowest BCUT2D eigenvalue weighted by Gasteiger charge is -2.22. The summed E-state index contributed by atoms with van der Waals surface area (Å²) in [5.41, 5.74) is 3.25. The molecule has 0 radical (unpaired) electrons. The topological polar surface area (TPSA) is 95.8 Å². The summed E-state index contributed by atoms with van der Waals surface area (Å²) in [5, 5.41) is 16.6. The Hall–Kier alpha value is -3.09. The van der Waals surface area contributed by atoms with Crippen LogP contribution in [0.25, 0.3) is 11.3 Å². The monoisotopic (exact) mass is 323 g/mol. The number of hydrogen-bond donors (Lipinski definition) is 3. The van der Waals surface area contributed by atoms with Crippen LogP contribution >= 0.6 is 0 Å². The molecule has 3 N–H and O–H groups in total. The number of anilines is 1. The fourth-order valence-electron chi connectivity index (χ4n) is 2.95. The molecule has 1 aromatic carbocycles. The summed E-state index contributed by atoms with van der Waals surface area (Å²) >= 11 is 0. The molecular formula is C17H17N5O2. The molecule has 2 amide bonds. The lowest BCUT2D eigenvalue weighted by atomic mass is 9.94. The Morgan fingerprint density at radius 2 is 2.17 bits per heavy atom. The Morgan fingerprint density at radius 1 is 1.29 bits per heavy atom. The number of carbonyl (C=O) groups is 1. The second-order valence-corrected chi connectivity index (χ2v) is 5.85. The van der Waals surface area contributed by atoms with Gasteiger partial charge in [-0.15, -0.1) is 0 Å². The SMILES string of the molecule is O=C(Nc1cc(-c2ccccc2)on1)N[C@H]1CCc2[nH]ncc2C1. The van der Waals surface area contributed by atoms with Gasteiger partial charge in [-0.3, -0.25) is 10.4 Å². The van der Waals surface area contributed by atoms with Gasteiger partial charge in [-0.25, -0.2) is 4.79 Å². The maximum Gasteiger partial charge on any atom is 0.320 e. The third-order valence-corrected chi connectivity index (χ3v) is 4.16. The normalized spacial score (nSPS) is 16.4. The summed E-state index contributed by atoms with van der Waals surface area (Å²) in [7, 11) is 0. The molecule has 7 heteroatoms. The van der Waals surface area contributed by atoms with Gasteiger partial charge in [0.2, 0.25) is 0 Å². The molecule has 2 aromatic heterocycles. The maximum absolute atomic E-state index is 12.1. The summed E-state index contributed by atoms with van der Waals surface area (Å²) in [4.78, 5) is 12.1. The summed E-state index contributed by atoms with van der Waals surface area (Å²) < 4.78 is 5.27. The Balaban J connectivity index is 1.36. The molecule has 3 aromatic rings. The van der Waals surface area contributed by atoms with Crippen molar-refractivity contribution in [3.63, 3.8) is 0 Å². The fraction of sp³-hybridized carbons (Fsp3) is 0.235. The van der Waals surface area contributed by atoms with E-state index in [-0.39, 0.29) is 12.1 Å². The minimum Gasteiger partial charge on any atom is -0.354 e. The number of rotatable bonds is 3. The van der Waals surface area contributed by atoms with Crippen LogP contribution in [0.15, 0.2) is 47.1 Å². The van der Waals surface area contributed by atoms with Crippen LogP contribution in [0.2, 0.25) is 0 Å². The Labute approximate surface area is 138 Å². The van der Waals surface area contributed by atoms with Crippen molar-refractivity contribution in [2.24, 2.45) is 0 Å². The molecule has 1 atom stereocenters. The number of amides is 2. The van der Waals surface area contributed by atoms with Crippen LogP contribution < -0.4 is 10.6 Å². The molecule has 0 saturated heterocycles. The highest BCUT2D eigenvalue weighted by Crippen LogP contribution is 2.22. The van der Waals surface area contributed by atoms with E-state index in [0.29, 0.717) is 11.6 Å². The molecule has 24 heavy (non-hydrogen) atoms. The Morgan fingerprint density at radius 3 is 3.04 bits per heavy atom. The van der Waals surface area contributed by atoms with Gasteiger partial charge >= 0.3 is 6.03 Å². The second kappa shape index (κ2) is 6.19. The molecule has 0 unspecified atom stereocenters. The molecule has 1 aliphatic carbocycles. The molecule has 0 fully saturated rings. The third kappa shape index (κ3) is 3.01. The number of fused-ring (bicyclic) bond motifs is 1. The van der Waals surface area contributed by atoms with Crippen LogP contribution in [0.3, 0.4) is 0 Å². The predicted molar refractivity (Wildman–Crippen MR) is 88.5 cm³/mol. The van der Waals surface area contributed by atoms with Gasteiger partial charge in [0.1, 0.15) is 0 Å². The van der Waals surface area contributed by atoms with Crippen LogP contribution in [0, 0.1) is 0 Å². The van der Waals surface area contributed by atoms with Gasteiger partial charge in [0.05, 0.1) is 6.20 Å². The smallest absolute Gasteiger partial charge is 0.320 e. The number of nitrogens with one attached hydrogen (secondary N) is 3. The Kier molecular flexibility index (Phi) is 3.74. The summed E-state index contributed by atoms with van der Waals surface area (Å²) in [6, 6.07) is 11.2. The van der Waals surface area contributed by atoms with Crippen LogP contribution in [0.1, 0.15) is 17.7 Å². The zero-order chi connectivity index (χ0) is 16.4. The number of nitrogens with zero attached hydrogens (tertiary/aromatic N) is 2. The van der Waals surface area contributed by atoms with E-state index in [0.717, 1.165) is 30.5 Å². The lowest BCUT2D eigenvalue weighted by Crippen LogP contribution is -2.41. The van der Waals surface area contributed by atoms with Gasteiger partial charge in [-0.1, -0.05) is 35.5 Å². The zero-order valence-electron chi connectivity index (χ0n) is 13.0. The summed E-state index contributed by atoms with van der Waals surface area (Å²) in [6.45, 7) is 0. The van der Waals surface area contributed by atoms with Gasteiger partial charge in [0, 0.05) is 23.4 Å². The number of aromatic nitrogens is 3. The van der Waals surface area contributed by atoms with Gasteiger partial charge in [-0.2, -0.15) is 5.10 Å². The van der Waals surface area contributed by atoms with Gasteiger partial charge in [0.15, 0.2) is 11.6 Å². The average molecular weight is 323 g/mol. The van der Waals surface area contributed by atoms with Crippen molar-refractivity contribution in [1.29, 1.82) is 0 Å². The van der Waals surface area contributed by atoms with Crippen molar-refractivity contribution in [2.75, 3.05) is 5.32 Å². The van der Waals surface area contributed by atoms with Crippen LogP contribution in [-0.4, -0.2) is 27.4 Å². The molecule has 122 valence electrons. The first-order valence-corrected chi connectivity index (χ1v) is 7.89. The number of urea groups is 1. The number of aromatic amines is 1. The van der Waals surface area contributed by atoms with E-state index in [2.05, 4.69) is 26.0 Å². The van der Waals surface area contributed by atoms with E-state index >= 15 is 0 Å². The van der Waals surface area contributed by atoms with Crippen LogP contribution in [0.4, 0.5) is 10.6 Å². The molecule has 1 aliphatic rings. The maximum atomic E-state index is 12.1. The lowest BCUT2D eigenvalue weighted by molar-refractivity contribution is 0.247. The number of aryl methyl sites for hydroxylation is 1. The fourth-order valence-corrected chi connectivity index (χ4v) is 2.95. The van der Waals surface area contributed by atoms with Crippen molar-refractivity contribution in [1.82, 2.24) is 20.7 Å². The predicted octanol–water partition coefficient (Wildman–Crippen LogP) is 2.74. The highest BCUT2D eigenvalue weighted by atomic mass is 16.5. The first kappa shape index (κ1) is 14.5. The van der Waals surface area contributed by atoms with E-state index in [4.69, 9.17) is 4.52 Å². The summed E-state index contributed by atoms with van der Waals surface area (Å²) in [5.74, 6) is 1.01. The standard InChI is InChI=1S/C17H17N5O2/c23-17(19-13-6-7-14-12(8-13)10-18-21-14)20-16-9-15(24-22-16)11-4-2-1-3-5-11/h1-5,9-10,13H,6-8H2,(H,18,21)(H2,19,20,22,23)/t13-/m0/s1.